The van der Waals surface area contributed by atoms with Crippen molar-refractivity contribution in [2.75, 3.05) is 31.1 Å². The first-order valence-corrected chi connectivity index (χ1v) is 11.0. The Kier molecular flexibility index (Phi) is 6.00. The second kappa shape index (κ2) is 8.73. The Morgan fingerprint density at radius 1 is 1.06 bits per heavy atom. The molecule has 0 aliphatic carbocycles. The van der Waals surface area contributed by atoms with Crippen LogP contribution in [0.5, 0.6) is 5.75 Å². The number of nitrogens with zero attached hydrogens (tertiary/aromatic N) is 4. The van der Waals surface area contributed by atoms with E-state index in [-0.39, 0.29) is 22.9 Å². The van der Waals surface area contributed by atoms with E-state index in [0.717, 1.165) is 6.42 Å². The average Bonchev–Trinajstić information content (AvgIpc) is 2.77. The van der Waals surface area contributed by atoms with Gasteiger partial charge in [0.25, 0.3) is 0 Å². The lowest BCUT2D eigenvalue weighted by Gasteiger charge is -2.36. The average molecular weight is 437 g/mol. The highest BCUT2D eigenvalue weighted by Crippen LogP contribution is 2.32. The molecule has 32 heavy (non-hydrogen) atoms. The number of hydrogen-bond donors (Lipinski definition) is 1. The summed E-state index contributed by atoms with van der Waals surface area (Å²) in [5.41, 5.74) is 1.26. The van der Waals surface area contributed by atoms with Gasteiger partial charge < -0.3 is 14.9 Å². The monoisotopic (exact) mass is 436 g/mol. The molecule has 7 heteroatoms. The number of piperazine rings is 1. The molecular weight excluding hydrogens is 407 g/mol. The van der Waals surface area contributed by atoms with Gasteiger partial charge in [-0.25, -0.2) is 14.4 Å². The largest absolute Gasteiger partial charge is 0.507 e. The van der Waals surface area contributed by atoms with Gasteiger partial charge in [-0.3, -0.25) is 4.79 Å². The number of aromatic hydroxyl groups is 1. The number of carbonyl (C=O) groups is 1. The first-order chi connectivity index (χ1) is 15.2. The third-order valence-corrected chi connectivity index (χ3v) is 5.80. The molecule has 1 N–H and O–H groups in total. The van der Waals surface area contributed by atoms with Gasteiger partial charge >= 0.3 is 0 Å². The van der Waals surface area contributed by atoms with Crippen molar-refractivity contribution in [3.8, 4) is 17.1 Å². The Hall–Kier alpha value is -3.22. The SMILES string of the molecule is CC(C)(C)CCC(=O)N1CCN(c2nc(-c3ccccc3O)nc3ccc(F)cc23)CC1. The predicted octanol–water partition coefficient (Wildman–Crippen LogP) is 4.62. The number of para-hydroxylation sites is 1. The number of anilines is 1. The lowest BCUT2D eigenvalue weighted by atomic mass is 9.90. The molecule has 2 aromatic carbocycles. The predicted molar refractivity (Wildman–Crippen MR) is 124 cm³/mol. The molecule has 0 spiro atoms. The molecule has 1 fully saturated rings. The van der Waals surface area contributed by atoms with E-state index in [1.165, 1.54) is 12.1 Å². The Bertz CT molecular complexity index is 1130. The van der Waals surface area contributed by atoms with E-state index >= 15 is 0 Å². The summed E-state index contributed by atoms with van der Waals surface area (Å²) < 4.78 is 14.1. The lowest BCUT2D eigenvalue weighted by Crippen LogP contribution is -2.49. The van der Waals surface area contributed by atoms with Crippen LogP contribution in [0, 0.1) is 11.2 Å². The van der Waals surface area contributed by atoms with Gasteiger partial charge in [0.05, 0.1) is 11.1 Å². The van der Waals surface area contributed by atoms with Crippen molar-refractivity contribution in [2.24, 2.45) is 5.41 Å². The minimum absolute atomic E-state index is 0.0918. The molecule has 0 bridgehead atoms. The van der Waals surface area contributed by atoms with E-state index in [2.05, 4.69) is 30.7 Å². The molecule has 0 radical (unpaired) electrons. The van der Waals surface area contributed by atoms with Crippen LogP contribution in [0.25, 0.3) is 22.3 Å². The maximum Gasteiger partial charge on any atom is 0.222 e. The number of amides is 1. The highest BCUT2D eigenvalue weighted by atomic mass is 19.1. The topological polar surface area (TPSA) is 69.6 Å². The minimum Gasteiger partial charge on any atom is -0.507 e. The molecular formula is C25H29FN4O2. The van der Waals surface area contributed by atoms with Crippen molar-refractivity contribution in [1.82, 2.24) is 14.9 Å². The van der Waals surface area contributed by atoms with Gasteiger partial charge in [-0.15, -0.1) is 0 Å². The van der Waals surface area contributed by atoms with Gasteiger partial charge in [0.2, 0.25) is 5.91 Å². The number of phenols is 1. The number of aromatic nitrogens is 2. The molecule has 1 aliphatic rings. The molecule has 0 saturated carbocycles. The van der Waals surface area contributed by atoms with Crippen LogP contribution in [-0.2, 0) is 4.79 Å². The normalized spacial score (nSPS) is 14.8. The first-order valence-electron chi connectivity index (χ1n) is 11.0. The van der Waals surface area contributed by atoms with Crippen LogP contribution in [0.1, 0.15) is 33.6 Å². The maximum atomic E-state index is 14.1. The Morgan fingerprint density at radius 3 is 2.47 bits per heavy atom. The van der Waals surface area contributed by atoms with Crippen molar-refractivity contribution in [3.05, 3.63) is 48.3 Å². The Morgan fingerprint density at radius 2 is 1.78 bits per heavy atom. The molecule has 6 nitrogen and oxygen atoms in total. The van der Waals surface area contributed by atoms with Crippen LogP contribution in [0.3, 0.4) is 0 Å². The number of benzene rings is 2. The molecule has 4 rings (SSSR count). The molecule has 1 saturated heterocycles. The van der Waals surface area contributed by atoms with E-state index in [9.17, 15) is 14.3 Å². The molecule has 1 aromatic heterocycles. The second-order valence-corrected chi connectivity index (χ2v) is 9.48. The smallest absolute Gasteiger partial charge is 0.222 e. The molecule has 0 unspecified atom stereocenters. The van der Waals surface area contributed by atoms with Crippen LogP contribution in [0.2, 0.25) is 0 Å². The van der Waals surface area contributed by atoms with Crippen LogP contribution >= 0.6 is 0 Å². The molecule has 0 atom stereocenters. The van der Waals surface area contributed by atoms with Gasteiger partial charge in [-0.1, -0.05) is 32.9 Å². The molecule has 1 aliphatic heterocycles. The summed E-state index contributed by atoms with van der Waals surface area (Å²) in [5.74, 6) is 0.923. The number of carbonyl (C=O) groups excluding carboxylic acids is 1. The van der Waals surface area contributed by atoms with Crippen molar-refractivity contribution >= 4 is 22.6 Å². The van der Waals surface area contributed by atoms with Crippen LogP contribution in [-0.4, -0.2) is 52.1 Å². The number of fused-ring (bicyclic) bond motifs is 1. The highest BCUT2D eigenvalue weighted by Gasteiger charge is 2.25. The van der Waals surface area contributed by atoms with Gasteiger partial charge in [0.15, 0.2) is 5.82 Å². The van der Waals surface area contributed by atoms with Gasteiger partial charge in [-0.05, 0) is 42.2 Å². The van der Waals surface area contributed by atoms with Crippen LogP contribution in [0.4, 0.5) is 10.2 Å². The van der Waals surface area contributed by atoms with Crippen LogP contribution in [0.15, 0.2) is 42.5 Å². The Balaban J connectivity index is 1.61. The third kappa shape index (κ3) is 4.82. The number of hydrogen-bond acceptors (Lipinski definition) is 5. The quantitative estimate of drug-likeness (QED) is 0.647. The zero-order valence-electron chi connectivity index (χ0n) is 18.8. The van der Waals surface area contributed by atoms with Crippen molar-refractivity contribution < 1.29 is 14.3 Å². The van der Waals surface area contributed by atoms with Gasteiger partial charge in [0, 0.05) is 38.0 Å². The van der Waals surface area contributed by atoms with Crippen molar-refractivity contribution in [2.45, 2.75) is 33.6 Å². The highest BCUT2D eigenvalue weighted by molar-refractivity contribution is 5.91. The number of halogens is 1. The summed E-state index contributed by atoms with van der Waals surface area (Å²) in [7, 11) is 0. The second-order valence-electron chi connectivity index (χ2n) is 9.48. The zero-order chi connectivity index (χ0) is 22.9. The summed E-state index contributed by atoms with van der Waals surface area (Å²) in [5, 5.41) is 10.9. The summed E-state index contributed by atoms with van der Waals surface area (Å²) in [6, 6.07) is 11.4. The molecule has 2 heterocycles. The summed E-state index contributed by atoms with van der Waals surface area (Å²) >= 11 is 0. The third-order valence-electron chi connectivity index (χ3n) is 5.80. The lowest BCUT2D eigenvalue weighted by molar-refractivity contribution is -0.132. The Labute approximate surface area is 187 Å². The summed E-state index contributed by atoms with van der Waals surface area (Å²) in [6.07, 6.45) is 1.40. The summed E-state index contributed by atoms with van der Waals surface area (Å²) in [4.78, 5) is 25.9. The molecule has 3 aromatic rings. The number of rotatable bonds is 4. The van der Waals surface area contributed by atoms with E-state index in [4.69, 9.17) is 4.98 Å². The molecule has 1 amide bonds. The summed E-state index contributed by atoms with van der Waals surface area (Å²) in [6.45, 7) is 8.80. The van der Waals surface area contributed by atoms with E-state index in [0.29, 0.717) is 60.7 Å². The maximum absolute atomic E-state index is 14.1. The van der Waals surface area contributed by atoms with Gasteiger partial charge in [-0.2, -0.15) is 0 Å². The fourth-order valence-electron chi connectivity index (χ4n) is 3.92. The molecule has 168 valence electrons. The zero-order valence-corrected chi connectivity index (χ0v) is 18.8. The van der Waals surface area contributed by atoms with E-state index in [1.807, 2.05) is 11.0 Å². The standard InChI is InChI=1S/C25H29FN4O2/c1-25(2,3)11-10-22(32)29-12-14-30(15-13-29)24-19-16-17(26)8-9-20(19)27-23(28-24)18-6-4-5-7-21(18)31/h4-9,16,31H,10-15H2,1-3H3. The fourth-order valence-corrected chi connectivity index (χ4v) is 3.92. The van der Waals surface area contributed by atoms with Crippen molar-refractivity contribution in [3.63, 3.8) is 0 Å². The number of phenolic OH excluding ortho intramolecular Hbond substituents is 1. The van der Waals surface area contributed by atoms with Gasteiger partial charge in [0.1, 0.15) is 17.4 Å². The van der Waals surface area contributed by atoms with E-state index < -0.39 is 0 Å². The van der Waals surface area contributed by atoms with Crippen molar-refractivity contribution in [1.29, 1.82) is 0 Å². The fraction of sp³-hybridized carbons (Fsp3) is 0.400. The van der Waals surface area contributed by atoms with E-state index in [1.54, 1.807) is 24.3 Å². The minimum atomic E-state index is -0.353. The van der Waals surface area contributed by atoms with Crippen LogP contribution < -0.4 is 4.90 Å². The first kappa shape index (κ1) is 22.0.